The Morgan fingerprint density at radius 1 is 1.33 bits per heavy atom. The molecule has 0 aliphatic heterocycles. The van der Waals surface area contributed by atoms with Crippen molar-refractivity contribution in [3.63, 3.8) is 0 Å². The Morgan fingerprint density at radius 3 is 2.33 bits per heavy atom. The molecule has 1 rings (SSSR count). The van der Waals surface area contributed by atoms with Crippen LogP contribution in [0.2, 0.25) is 5.02 Å². The average Bonchev–Trinajstić information content (AvgIpc) is 1.64. The van der Waals surface area contributed by atoms with E-state index in [1.54, 1.807) is 0 Å². The first-order chi connectivity index (χ1) is 3.79. The monoisotopic (exact) mass is 150 g/mol. The number of halogens is 1. The molecule has 0 saturated heterocycles. The fraction of sp³-hybridized carbons (Fsp3) is 0.143. The fourth-order valence-electron chi connectivity index (χ4n) is 0.606. The molecule has 1 aromatic carbocycles. The molecule has 2 heteroatoms. The van der Waals surface area contributed by atoms with E-state index in [-0.39, 0.29) is 29.6 Å². The summed E-state index contributed by atoms with van der Waals surface area (Å²) >= 11 is 5.64. The first kappa shape index (κ1) is 9.51. The molecular weight excluding hydrogens is 143 g/mol. The molecule has 0 saturated carbocycles. The fourth-order valence-corrected chi connectivity index (χ4v) is 0.850. The Hall–Kier alpha value is 0.510. The number of hydrogen-bond donors (Lipinski definition) is 0. The van der Waals surface area contributed by atoms with E-state index >= 15 is 0 Å². The molecule has 44 valence electrons. The number of hydrogen-bond acceptors (Lipinski definition) is 0. The van der Waals surface area contributed by atoms with Crippen LogP contribution in [-0.2, 0) is 0 Å². The second-order valence-electron chi connectivity index (χ2n) is 1.80. The molecule has 0 radical (unpaired) electrons. The van der Waals surface area contributed by atoms with Gasteiger partial charge >= 0.3 is 29.6 Å². The molecule has 0 amide bonds. The zero-order valence-electron chi connectivity index (χ0n) is 4.69. The topological polar surface area (TPSA) is 0 Å². The third kappa shape index (κ3) is 3.27. The molecule has 0 unspecified atom stereocenters. The van der Waals surface area contributed by atoms with Crippen LogP contribution >= 0.6 is 11.6 Å². The van der Waals surface area contributed by atoms with Crippen molar-refractivity contribution in [2.24, 2.45) is 0 Å². The summed E-state index contributed by atoms with van der Waals surface area (Å²) in [4.78, 5) is 0. The van der Waals surface area contributed by atoms with Crippen molar-refractivity contribution >= 4 is 41.2 Å². The maximum atomic E-state index is 5.64. The predicted octanol–water partition coefficient (Wildman–Crippen LogP) is 2.00. The normalized spacial score (nSPS) is 8.22. The summed E-state index contributed by atoms with van der Waals surface area (Å²) in [5, 5.41) is 0.810. The third-order valence-electron chi connectivity index (χ3n) is 0.980. The van der Waals surface area contributed by atoms with E-state index in [9.17, 15) is 0 Å². The van der Waals surface area contributed by atoms with Gasteiger partial charge in [-0.2, -0.15) is 0 Å². The Balaban J connectivity index is 0.000000640. The van der Waals surface area contributed by atoms with Crippen LogP contribution in [-0.4, -0.2) is 29.6 Å². The van der Waals surface area contributed by atoms with Gasteiger partial charge in [0.15, 0.2) is 0 Å². The molecule has 1 aromatic rings. The van der Waals surface area contributed by atoms with E-state index in [4.69, 9.17) is 11.6 Å². The Morgan fingerprint density at radius 2 is 2.00 bits per heavy atom. The van der Waals surface area contributed by atoms with E-state index in [0.29, 0.717) is 0 Å². The van der Waals surface area contributed by atoms with Crippen molar-refractivity contribution in [3.05, 3.63) is 34.9 Å². The summed E-state index contributed by atoms with van der Waals surface area (Å²) in [5.74, 6) is 0. The van der Waals surface area contributed by atoms with Crippen molar-refractivity contribution in [3.8, 4) is 0 Å². The van der Waals surface area contributed by atoms with Crippen molar-refractivity contribution in [2.45, 2.75) is 6.92 Å². The first-order valence-corrected chi connectivity index (χ1v) is 2.89. The molecule has 0 aliphatic carbocycles. The predicted molar refractivity (Wildman–Crippen MR) is 43.3 cm³/mol. The third-order valence-corrected chi connectivity index (χ3v) is 1.22. The Kier molecular flexibility index (Phi) is 4.59. The Bertz CT molecular complexity index is 169. The molecule has 9 heavy (non-hydrogen) atoms. The summed E-state index contributed by atoms with van der Waals surface area (Å²) in [6.45, 7) is 2.02. The molecule has 0 atom stereocenters. The van der Waals surface area contributed by atoms with Crippen molar-refractivity contribution < 1.29 is 0 Å². The molecule has 0 fully saturated rings. The molecule has 0 nitrogen and oxygen atoms in total. The van der Waals surface area contributed by atoms with Gasteiger partial charge in [-0.1, -0.05) is 23.7 Å². The van der Waals surface area contributed by atoms with Crippen LogP contribution in [0.25, 0.3) is 0 Å². The van der Waals surface area contributed by atoms with Gasteiger partial charge < -0.3 is 0 Å². The summed E-state index contributed by atoms with van der Waals surface area (Å²) in [6.07, 6.45) is 0. The molecule has 0 spiro atoms. The maximum absolute atomic E-state index is 5.64. The van der Waals surface area contributed by atoms with Crippen molar-refractivity contribution in [2.75, 3.05) is 0 Å². The van der Waals surface area contributed by atoms with Crippen LogP contribution in [0.1, 0.15) is 5.56 Å². The van der Waals surface area contributed by atoms with Crippen LogP contribution in [0.4, 0.5) is 0 Å². The molecule has 0 aliphatic rings. The van der Waals surface area contributed by atoms with Crippen LogP contribution in [0.5, 0.6) is 0 Å². The first-order valence-electron chi connectivity index (χ1n) is 2.51. The number of aryl methyl sites for hydroxylation is 1. The zero-order valence-corrected chi connectivity index (χ0v) is 5.44. The van der Waals surface area contributed by atoms with Crippen molar-refractivity contribution in [1.82, 2.24) is 0 Å². The summed E-state index contributed by atoms with van der Waals surface area (Å²) in [5.41, 5.74) is 1.21. The SMILES string of the molecule is Cc1cccc(Cl)c1.[NaH]. The summed E-state index contributed by atoms with van der Waals surface area (Å²) < 4.78 is 0. The minimum absolute atomic E-state index is 0. The quantitative estimate of drug-likeness (QED) is 0.497. The van der Waals surface area contributed by atoms with Crippen LogP contribution in [0, 0.1) is 6.92 Å². The summed E-state index contributed by atoms with van der Waals surface area (Å²) in [6, 6.07) is 7.76. The van der Waals surface area contributed by atoms with Gasteiger partial charge in [0, 0.05) is 5.02 Å². The zero-order chi connectivity index (χ0) is 5.98. The van der Waals surface area contributed by atoms with Gasteiger partial charge in [0.05, 0.1) is 0 Å². The molecule has 0 heterocycles. The second-order valence-corrected chi connectivity index (χ2v) is 2.24. The van der Waals surface area contributed by atoms with Gasteiger partial charge in [-0.15, -0.1) is 0 Å². The van der Waals surface area contributed by atoms with Gasteiger partial charge in [0.2, 0.25) is 0 Å². The number of benzene rings is 1. The second kappa shape index (κ2) is 4.35. The minimum atomic E-state index is 0. The molecule has 0 bridgehead atoms. The van der Waals surface area contributed by atoms with E-state index in [0.717, 1.165) is 5.02 Å². The van der Waals surface area contributed by atoms with Gasteiger partial charge in [0.25, 0.3) is 0 Å². The standard InChI is InChI=1S/C7H7Cl.Na.H/c1-6-3-2-4-7(8)5-6;;/h2-5H,1H3;;. The van der Waals surface area contributed by atoms with Gasteiger partial charge in [-0.25, -0.2) is 0 Å². The Labute approximate surface area is 82.5 Å². The van der Waals surface area contributed by atoms with Gasteiger partial charge in [-0.3, -0.25) is 0 Å². The van der Waals surface area contributed by atoms with Gasteiger partial charge in [0.1, 0.15) is 0 Å². The van der Waals surface area contributed by atoms with Gasteiger partial charge in [-0.05, 0) is 24.6 Å². The average molecular weight is 151 g/mol. The van der Waals surface area contributed by atoms with E-state index in [2.05, 4.69) is 0 Å². The molecular formula is C7H8ClNa. The van der Waals surface area contributed by atoms with Crippen LogP contribution in [0.3, 0.4) is 0 Å². The van der Waals surface area contributed by atoms with Crippen LogP contribution < -0.4 is 0 Å². The molecule has 0 aromatic heterocycles. The van der Waals surface area contributed by atoms with Crippen molar-refractivity contribution in [1.29, 1.82) is 0 Å². The van der Waals surface area contributed by atoms with E-state index in [1.807, 2.05) is 31.2 Å². The van der Waals surface area contributed by atoms with Crippen LogP contribution in [0.15, 0.2) is 24.3 Å². The number of rotatable bonds is 0. The van der Waals surface area contributed by atoms with E-state index in [1.165, 1.54) is 5.56 Å². The van der Waals surface area contributed by atoms with E-state index < -0.39 is 0 Å². The summed E-state index contributed by atoms with van der Waals surface area (Å²) in [7, 11) is 0. The molecule has 0 N–H and O–H groups in total.